The molecule has 2 atom stereocenters. The zero-order valence-corrected chi connectivity index (χ0v) is 19.1. The molecule has 4 nitrogen and oxygen atoms in total. The molecule has 34 heavy (non-hydrogen) atoms. The summed E-state index contributed by atoms with van der Waals surface area (Å²) >= 11 is 0. The summed E-state index contributed by atoms with van der Waals surface area (Å²) in [5.41, 5.74) is 1.54. The van der Waals surface area contributed by atoms with Gasteiger partial charge >= 0.3 is 0 Å². The largest absolute Gasteiger partial charge is 0.497 e. The van der Waals surface area contributed by atoms with Crippen molar-refractivity contribution in [2.24, 2.45) is 0 Å². The molecule has 6 heteroatoms. The molecule has 2 unspecified atom stereocenters. The Morgan fingerprint density at radius 2 is 1.76 bits per heavy atom. The van der Waals surface area contributed by atoms with Gasteiger partial charge in [-0.1, -0.05) is 37.3 Å². The lowest BCUT2D eigenvalue weighted by Crippen LogP contribution is -2.55. The second-order valence-corrected chi connectivity index (χ2v) is 8.94. The Morgan fingerprint density at radius 3 is 2.50 bits per heavy atom. The number of nitrogens with one attached hydrogen (secondary N) is 1. The van der Waals surface area contributed by atoms with Crippen molar-refractivity contribution in [1.29, 1.82) is 0 Å². The summed E-state index contributed by atoms with van der Waals surface area (Å²) in [6, 6.07) is 19.4. The molecule has 0 amide bonds. The van der Waals surface area contributed by atoms with Crippen LogP contribution in [0.1, 0.15) is 30.9 Å². The van der Waals surface area contributed by atoms with Gasteiger partial charge in [0.15, 0.2) is 0 Å². The van der Waals surface area contributed by atoms with Crippen LogP contribution in [0.5, 0.6) is 17.2 Å². The van der Waals surface area contributed by atoms with Crippen molar-refractivity contribution in [3.63, 3.8) is 0 Å². The van der Waals surface area contributed by atoms with E-state index in [1.807, 2.05) is 24.3 Å². The van der Waals surface area contributed by atoms with Gasteiger partial charge in [-0.3, -0.25) is 0 Å². The molecule has 1 N–H and O–H groups in total. The van der Waals surface area contributed by atoms with E-state index in [0.29, 0.717) is 29.0 Å². The molecule has 0 spiro atoms. The molecular formula is C28H26F2N2O2. The third-order valence-electron chi connectivity index (χ3n) is 6.84. The zero-order valence-electron chi connectivity index (χ0n) is 19.1. The highest BCUT2D eigenvalue weighted by atomic mass is 19.1. The molecule has 0 radical (unpaired) electrons. The number of fused-ring (bicyclic) bond motifs is 1. The fourth-order valence-corrected chi connectivity index (χ4v) is 4.76. The second-order valence-electron chi connectivity index (χ2n) is 8.94. The first-order valence-corrected chi connectivity index (χ1v) is 11.4. The molecule has 4 aromatic rings. The van der Waals surface area contributed by atoms with Crippen LogP contribution in [0.15, 0.2) is 72.9 Å². The number of hydrogen-bond acceptors (Lipinski definition) is 4. The van der Waals surface area contributed by atoms with Crippen molar-refractivity contribution in [2.75, 3.05) is 7.11 Å². The number of benzene rings is 3. The number of para-hydroxylation sites is 1. The highest BCUT2D eigenvalue weighted by Crippen LogP contribution is 2.49. The molecule has 1 saturated carbocycles. The standard InChI is InChI=1S/C28H26F2N2O2/c1-28(14-13-25(28)31-16-18-9-11-20(33-2)12-10-18)26-22(29)6-4-8-24(26)34-21-15-19-5-3-7-23(30)27(19)32-17-21/h3-12,15,17,25,31H,13-14,16H2,1-2H3. The van der Waals surface area contributed by atoms with E-state index in [0.717, 1.165) is 24.2 Å². The first-order chi connectivity index (χ1) is 16.5. The Bertz CT molecular complexity index is 1330. The summed E-state index contributed by atoms with van der Waals surface area (Å²) in [4.78, 5) is 4.20. The Morgan fingerprint density at radius 1 is 1.00 bits per heavy atom. The lowest BCUT2D eigenvalue weighted by atomic mass is 9.61. The number of pyridine rings is 1. The summed E-state index contributed by atoms with van der Waals surface area (Å²) in [7, 11) is 1.65. The molecule has 3 aromatic carbocycles. The Balaban J connectivity index is 1.39. The van der Waals surface area contributed by atoms with Gasteiger partial charge < -0.3 is 14.8 Å². The van der Waals surface area contributed by atoms with Gasteiger partial charge in [0.25, 0.3) is 0 Å². The summed E-state index contributed by atoms with van der Waals surface area (Å²) in [6.45, 7) is 2.75. The van der Waals surface area contributed by atoms with Crippen molar-refractivity contribution in [3.05, 3.63) is 95.7 Å². The normalized spacial score (nSPS) is 19.6. The molecule has 174 valence electrons. The van der Waals surface area contributed by atoms with E-state index < -0.39 is 5.41 Å². The minimum absolute atomic E-state index is 0.0951. The van der Waals surface area contributed by atoms with Gasteiger partial charge in [-0.05, 0) is 54.8 Å². The van der Waals surface area contributed by atoms with Crippen LogP contribution in [-0.4, -0.2) is 18.1 Å². The van der Waals surface area contributed by atoms with Crippen molar-refractivity contribution >= 4 is 10.9 Å². The van der Waals surface area contributed by atoms with Gasteiger partial charge in [0.05, 0.1) is 13.3 Å². The molecule has 0 aliphatic heterocycles. The van der Waals surface area contributed by atoms with E-state index in [2.05, 4.69) is 17.2 Å². The van der Waals surface area contributed by atoms with Crippen LogP contribution in [0.4, 0.5) is 8.78 Å². The Hall–Kier alpha value is -3.51. The quantitative estimate of drug-likeness (QED) is 0.341. The van der Waals surface area contributed by atoms with E-state index in [9.17, 15) is 4.39 Å². The fraction of sp³-hybridized carbons (Fsp3) is 0.250. The third-order valence-corrected chi connectivity index (χ3v) is 6.84. The summed E-state index contributed by atoms with van der Waals surface area (Å²) in [5, 5.41) is 4.22. The number of halogens is 2. The number of nitrogens with zero attached hydrogens (tertiary/aromatic N) is 1. The van der Waals surface area contributed by atoms with Crippen LogP contribution in [0.25, 0.3) is 10.9 Å². The second kappa shape index (κ2) is 9.03. The van der Waals surface area contributed by atoms with Crippen molar-refractivity contribution < 1.29 is 18.3 Å². The molecule has 1 aromatic heterocycles. The predicted molar refractivity (Wildman–Crippen MR) is 128 cm³/mol. The summed E-state index contributed by atoms with van der Waals surface area (Å²) < 4.78 is 40.5. The molecular weight excluding hydrogens is 434 g/mol. The number of rotatable bonds is 7. The average molecular weight is 461 g/mol. The van der Waals surface area contributed by atoms with Crippen LogP contribution in [-0.2, 0) is 12.0 Å². The van der Waals surface area contributed by atoms with Gasteiger partial charge in [0, 0.05) is 29.0 Å². The van der Waals surface area contributed by atoms with Gasteiger partial charge in [-0.2, -0.15) is 0 Å². The maximum Gasteiger partial charge on any atom is 0.149 e. The van der Waals surface area contributed by atoms with Gasteiger partial charge in [0.2, 0.25) is 0 Å². The van der Waals surface area contributed by atoms with Crippen LogP contribution >= 0.6 is 0 Å². The molecule has 0 saturated heterocycles. The van der Waals surface area contributed by atoms with Crippen LogP contribution < -0.4 is 14.8 Å². The molecule has 1 aliphatic carbocycles. The minimum atomic E-state index is -0.427. The number of ether oxygens (including phenoxy) is 2. The van der Waals surface area contributed by atoms with Crippen LogP contribution in [0.3, 0.4) is 0 Å². The Kier molecular flexibility index (Phi) is 5.92. The molecule has 0 bridgehead atoms. The molecule has 1 fully saturated rings. The van der Waals surface area contributed by atoms with E-state index in [1.54, 1.807) is 37.4 Å². The Labute approximate surface area is 197 Å². The maximum atomic E-state index is 15.2. The van der Waals surface area contributed by atoms with Gasteiger partial charge in [-0.25, -0.2) is 13.8 Å². The monoisotopic (exact) mass is 460 g/mol. The van der Waals surface area contributed by atoms with Gasteiger partial charge in [-0.15, -0.1) is 0 Å². The van der Waals surface area contributed by atoms with E-state index >= 15 is 4.39 Å². The third kappa shape index (κ3) is 4.10. The average Bonchev–Trinajstić information content (AvgIpc) is 2.84. The SMILES string of the molecule is COc1ccc(CNC2CCC2(C)c2c(F)cccc2Oc2cnc3c(F)cccc3c2)cc1. The summed E-state index contributed by atoms with van der Waals surface area (Å²) in [5.74, 6) is 1.03. The highest BCUT2D eigenvalue weighted by molar-refractivity contribution is 5.80. The first kappa shape index (κ1) is 22.3. The summed E-state index contributed by atoms with van der Waals surface area (Å²) in [6.07, 6.45) is 3.26. The number of aromatic nitrogens is 1. The topological polar surface area (TPSA) is 43.4 Å². The smallest absolute Gasteiger partial charge is 0.149 e. The minimum Gasteiger partial charge on any atom is -0.497 e. The fourth-order valence-electron chi connectivity index (χ4n) is 4.76. The van der Waals surface area contributed by atoms with Crippen LogP contribution in [0.2, 0.25) is 0 Å². The molecule has 1 heterocycles. The maximum absolute atomic E-state index is 15.2. The van der Waals surface area contributed by atoms with Crippen LogP contribution in [0, 0.1) is 11.6 Å². The predicted octanol–water partition coefficient (Wildman–Crippen LogP) is 6.52. The van der Waals surface area contributed by atoms with Gasteiger partial charge in [0.1, 0.15) is 34.4 Å². The zero-order chi connectivity index (χ0) is 23.7. The van der Waals surface area contributed by atoms with Crippen molar-refractivity contribution in [1.82, 2.24) is 10.3 Å². The lowest BCUT2D eigenvalue weighted by Gasteiger charge is -2.48. The van der Waals surface area contributed by atoms with E-state index in [4.69, 9.17) is 9.47 Å². The first-order valence-electron chi connectivity index (χ1n) is 11.4. The van der Waals surface area contributed by atoms with E-state index in [-0.39, 0.29) is 23.2 Å². The van der Waals surface area contributed by atoms with Crippen molar-refractivity contribution in [2.45, 2.75) is 37.8 Å². The van der Waals surface area contributed by atoms with Crippen molar-refractivity contribution in [3.8, 4) is 17.2 Å². The lowest BCUT2D eigenvalue weighted by molar-refractivity contribution is 0.165. The molecule has 1 aliphatic rings. The molecule has 5 rings (SSSR count). The number of methoxy groups -OCH3 is 1. The van der Waals surface area contributed by atoms with E-state index in [1.165, 1.54) is 18.3 Å². The highest BCUT2D eigenvalue weighted by Gasteiger charge is 2.47. The number of hydrogen-bond donors (Lipinski definition) is 1.